The van der Waals surface area contributed by atoms with Crippen molar-refractivity contribution in [3.63, 3.8) is 0 Å². The Bertz CT molecular complexity index is 894. The van der Waals surface area contributed by atoms with E-state index in [-0.39, 0.29) is 11.1 Å². The number of hydrogen-bond donors (Lipinski definition) is 1. The van der Waals surface area contributed by atoms with Crippen LogP contribution in [0.5, 0.6) is 5.75 Å². The largest absolute Gasteiger partial charge is 0.507 e. The molecule has 3 rings (SSSR count). The Kier molecular flexibility index (Phi) is 2.94. The summed E-state index contributed by atoms with van der Waals surface area (Å²) in [5.74, 6) is -0.0242. The number of aromatic hydroxyl groups is 1. The molecule has 0 aliphatic carbocycles. The Balaban J connectivity index is 2.71. The first-order chi connectivity index (χ1) is 9.56. The summed E-state index contributed by atoms with van der Waals surface area (Å²) in [5.41, 5.74) is 1.39. The number of phenolic OH excluding ortho intramolecular Hbond substituents is 1. The highest BCUT2D eigenvalue weighted by molar-refractivity contribution is 6.39. The molecule has 20 heavy (non-hydrogen) atoms. The molecular weight excluding hydrogens is 276 g/mol. The third-order valence-corrected chi connectivity index (χ3v) is 4.16. The van der Waals surface area contributed by atoms with E-state index in [1.807, 2.05) is 26.0 Å². The molecule has 0 atom stereocenters. The topological polar surface area (TPSA) is 50.4 Å². The van der Waals surface area contributed by atoms with Crippen LogP contribution in [0.25, 0.3) is 21.7 Å². The van der Waals surface area contributed by atoms with E-state index in [1.165, 1.54) is 0 Å². The van der Waals surface area contributed by atoms with E-state index < -0.39 is 5.63 Å². The second-order valence-electron chi connectivity index (χ2n) is 4.76. The predicted molar refractivity (Wildman–Crippen MR) is 80.8 cm³/mol. The first-order valence-electron chi connectivity index (χ1n) is 6.41. The third kappa shape index (κ3) is 1.63. The summed E-state index contributed by atoms with van der Waals surface area (Å²) < 4.78 is 5.28. The second-order valence-corrected chi connectivity index (χ2v) is 5.13. The van der Waals surface area contributed by atoms with Gasteiger partial charge in [0.25, 0.3) is 0 Å². The lowest BCUT2D eigenvalue weighted by molar-refractivity contribution is 0.471. The maximum absolute atomic E-state index is 12.2. The highest BCUT2D eigenvalue weighted by Crippen LogP contribution is 2.39. The van der Waals surface area contributed by atoms with Gasteiger partial charge in [0.1, 0.15) is 16.7 Å². The van der Waals surface area contributed by atoms with E-state index in [9.17, 15) is 9.90 Å². The van der Waals surface area contributed by atoms with E-state index in [2.05, 4.69) is 0 Å². The zero-order valence-corrected chi connectivity index (χ0v) is 11.9. The van der Waals surface area contributed by atoms with E-state index in [0.29, 0.717) is 28.0 Å². The van der Waals surface area contributed by atoms with Gasteiger partial charge in [0.15, 0.2) is 0 Å². The normalized spacial score (nSPS) is 11.3. The number of fused-ring (bicyclic) bond motifs is 3. The number of halogens is 1. The van der Waals surface area contributed by atoms with Crippen LogP contribution >= 0.6 is 11.6 Å². The third-order valence-electron chi connectivity index (χ3n) is 3.69. The van der Waals surface area contributed by atoms with E-state index in [0.717, 1.165) is 10.9 Å². The van der Waals surface area contributed by atoms with Crippen molar-refractivity contribution < 1.29 is 9.52 Å². The fourth-order valence-electron chi connectivity index (χ4n) is 2.67. The summed E-state index contributed by atoms with van der Waals surface area (Å²) in [4.78, 5) is 12.2. The zero-order chi connectivity index (χ0) is 14.4. The summed E-state index contributed by atoms with van der Waals surface area (Å²) in [6.45, 7) is 3.76. The molecule has 0 aliphatic heterocycles. The van der Waals surface area contributed by atoms with Crippen molar-refractivity contribution >= 4 is 33.3 Å². The van der Waals surface area contributed by atoms with Crippen molar-refractivity contribution in [2.75, 3.05) is 0 Å². The fraction of sp³-hybridized carbons (Fsp3) is 0.188. The van der Waals surface area contributed by atoms with Gasteiger partial charge in [0.2, 0.25) is 0 Å². The minimum absolute atomic E-state index is 0.0242. The summed E-state index contributed by atoms with van der Waals surface area (Å²) in [7, 11) is 0. The summed E-state index contributed by atoms with van der Waals surface area (Å²) in [5, 5.41) is 12.3. The van der Waals surface area contributed by atoms with Crippen molar-refractivity contribution in [2.45, 2.75) is 20.3 Å². The number of phenols is 1. The molecule has 4 heteroatoms. The van der Waals surface area contributed by atoms with E-state index in [4.69, 9.17) is 16.0 Å². The van der Waals surface area contributed by atoms with E-state index >= 15 is 0 Å². The molecule has 0 radical (unpaired) electrons. The monoisotopic (exact) mass is 288 g/mol. The molecule has 0 saturated carbocycles. The van der Waals surface area contributed by atoms with Crippen LogP contribution < -0.4 is 5.63 Å². The molecule has 2 aromatic carbocycles. The van der Waals surface area contributed by atoms with Gasteiger partial charge < -0.3 is 9.52 Å². The number of rotatable bonds is 1. The lowest BCUT2D eigenvalue weighted by Gasteiger charge is -2.13. The molecule has 0 amide bonds. The molecule has 1 heterocycles. The molecule has 0 bridgehead atoms. The van der Waals surface area contributed by atoms with Crippen LogP contribution in [0.3, 0.4) is 0 Å². The van der Waals surface area contributed by atoms with Gasteiger partial charge in [0.05, 0.1) is 5.02 Å². The average molecular weight is 289 g/mol. The van der Waals surface area contributed by atoms with Crippen LogP contribution in [0.1, 0.15) is 18.1 Å². The number of benzene rings is 2. The van der Waals surface area contributed by atoms with Gasteiger partial charge in [-0.15, -0.1) is 0 Å². The molecule has 0 saturated heterocycles. The van der Waals surface area contributed by atoms with Crippen molar-refractivity contribution in [2.24, 2.45) is 0 Å². The highest BCUT2D eigenvalue weighted by atomic mass is 35.5. The molecule has 0 aliphatic rings. The summed E-state index contributed by atoms with van der Waals surface area (Å²) in [6, 6.07) is 7.18. The van der Waals surface area contributed by atoms with Gasteiger partial charge in [-0.25, -0.2) is 4.79 Å². The summed E-state index contributed by atoms with van der Waals surface area (Å²) in [6.07, 6.45) is 0.597. The van der Waals surface area contributed by atoms with Crippen molar-refractivity contribution in [1.82, 2.24) is 0 Å². The van der Waals surface area contributed by atoms with Crippen LogP contribution in [0.4, 0.5) is 0 Å². The SMILES string of the molecule is CCc1c(C)c(Cl)c2c(c1O)c(=O)oc1ccccc12. The van der Waals surface area contributed by atoms with Crippen LogP contribution in [0, 0.1) is 6.92 Å². The first-order valence-corrected chi connectivity index (χ1v) is 6.79. The Morgan fingerprint density at radius 1 is 1.25 bits per heavy atom. The quantitative estimate of drug-likeness (QED) is 0.540. The Morgan fingerprint density at radius 3 is 2.65 bits per heavy atom. The molecule has 3 nitrogen and oxygen atoms in total. The second kappa shape index (κ2) is 4.53. The van der Waals surface area contributed by atoms with Crippen LogP contribution in [0.15, 0.2) is 33.5 Å². The van der Waals surface area contributed by atoms with Gasteiger partial charge in [-0.1, -0.05) is 36.7 Å². The minimum atomic E-state index is -0.562. The smallest absolute Gasteiger partial charge is 0.348 e. The Labute approximate surface area is 120 Å². The molecule has 1 N–H and O–H groups in total. The maximum atomic E-state index is 12.2. The van der Waals surface area contributed by atoms with Crippen molar-refractivity contribution in [3.05, 3.63) is 50.8 Å². The van der Waals surface area contributed by atoms with Gasteiger partial charge in [0, 0.05) is 10.8 Å². The van der Waals surface area contributed by atoms with Crippen molar-refractivity contribution in [3.8, 4) is 5.75 Å². The van der Waals surface area contributed by atoms with Crippen molar-refractivity contribution in [1.29, 1.82) is 0 Å². The van der Waals surface area contributed by atoms with Crippen LogP contribution in [-0.2, 0) is 6.42 Å². The average Bonchev–Trinajstić information content (AvgIpc) is 2.44. The Morgan fingerprint density at radius 2 is 1.95 bits per heavy atom. The van der Waals surface area contributed by atoms with Gasteiger partial charge in [-0.05, 0) is 30.5 Å². The van der Waals surface area contributed by atoms with Gasteiger partial charge >= 0.3 is 5.63 Å². The lowest BCUT2D eigenvalue weighted by Crippen LogP contribution is -2.03. The number of hydrogen-bond acceptors (Lipinski definition) is 3. The van der Waals surface area contributed by atoms with Gasteiger partial charge in [-0.3, -0.25) is 0 Å². The molecule has 0 fully saturated rings. The summed E-state index contributed by atoms with van der Waals surface area (Å²) >= 11 is 6.44. The fourth-order valence-corrected chi connectivity index (χ4v) is 2.98. The zero-order valence-electron chi connectivity index (χ0n) is 11.2. The molecule has 102 valence electrons. The molecule has 3 aromatic rings. The van der Waals surface area contributed by atoms with E-state index in [1.54, 1.807) is 12.1 Å². The number of para-hydroxylation sites is 1. The molecule has 0 spiro atoms. The molecular formula is C16H13ClO3. The minimum Gasteiger partial charge on any atom is -0.507 e. The molecule has 0 unspecified atom stereocenters. The standard InChI is InChI=1S/C16H13ClO3/c1-3-9-8(2)14(17)12-10-6-4-5-7-11(10)20-16(19)13(12)15(9)18/h4-7,18H,3H2,1-2H3. The maximum Gasteiger partial charge on any atom is 0.348 e. The van der Waals surface area contributed by atoms with Gasteiger partial charge in [-0.2, -0.15) is 0 Å². The van der Waals surface area contributed by atoms with Crippen LogP contribution in [0.2, 0.25) is 5.02 Å². The molecule has 1 aromatic heterocycles. The Hall–Kier alpha value is -2.00. The first kappa shape index (κ1) is 13.0. The van der Waals surface area contributed by atoms with Crippen LogP contribution in [-0.4, -0.2) is 5.11 Å². The predicted octanol–water partition coefficient (Wildman–Crippen LogP) is 4.18. The lowest BCUT2D eigenvalue weighted by atomic mass is 9.97. The highest BCUT2D eigenvalue weighted by Gasteiger charge is 2.20.